The molecule has 25 heavy (non-hydrogen) atoms. The van der Waals surface area contributed by atoms with Crippen molar-refractivity contribution >= 4 is 0 Å². The Morgan fingerprint density at radius 2 is 1.32 bits per heavy atom. The van der Waals surface area contributed by atoms with Gasteiger partial charge in [0.1, 0.15) is 11.8 Å². The largest absolute Gasteiger partial charge is 0.508 e. The molecule has 0 amide bonds. The van der Waals surface area contributed by atoms with Gasteiger partial charge in [-0.2, -0.15) is 0 Å². The van der Waals surface area contributed by atoms with Gasteiger partial charge in [-0.1, -0.05) is 78.9 Å². The third-order valence-electron chi connectivity index (χ3n) is 4.82. The summed E-state index contributed by atoms with van der Waals surface area (Å²) in [6.45, 7) is 3.25. The molecule has 0 radical (unpaired) electrons. The molecule has 0 aliphatic heterocycles. The number of phenols is 1. The van der Waals surface area contributed by atoms with Gasteiger partial charge in [-0.15, -0.1) is 0 Å². The van der Waals surface area contributed by atoms with Crippen LogP contribution in [0.25, 0.3) is 0 Å². The standard InChI is InChI=1S/C23H25NO/c1-18(19-10-4-2-5-11-19)24-17-16-21(20-12-6-3-7-13-20)22-14-8-9-15-23(22)25/h2-15,18,21,24-25H,16-17H2,1H3/p+1/t18-,21-/m0/s1. The Kier molecular flexibility index (Phi) is 5.86. The van der Waals surface area contributed by atoms with E-state index in [9.17, 15) is 5.11 Å². The van der Waals surface area contributed by atoms with E-state index in [1.54, 1.807) is 6.07 Å². The average molecular weight is 332 g/mol. The normalized spacial score (nSPS) is 13.3. The Morgan fingerprint density at radius 1 is 0.760 bits per heavy atom. The molecule has 2 heteroatoms. The first kappa shape index (κ1) is 17.2. The molecular weight excluding hydrogens is 306 g/mol. The molecule has 0 unspecified atom stereocenters. The van der Waals surface area contributed by atoms with E-state index >= 15 is 0 Å². The molecule has 0 spiro atoms. The fourth-order valence-corrected chi connectivity index (χ4v) is 3.37. The zero-order valence-electron chi connectivity index (χ0n) is 14.7. The summed E-state index contributed by atoms with van der Waals surface area (Å²) in [4.78, 5) is 0. The average Bonchev–Trinajstić information content (AvgIpc) is 2.67. The molecule has 0 fully saturated rings. The lowest BCUT2D eigenvalue weighted by molar-refractivity contribution is -0.693. The van der Waals surface area contributed by atoms with Crippen molar-refractivity contribution in [3.8, 4) is 5.75 Å². The van der Waals surface area contributed by atoms with E-state index in [4.69, 9.17) is 0 Å². The predicted molar refractivity (Wildman–Crippen MR) is 103 cm³/mol. The Hall–Kier alpha value is -2.58. The van der Waals surface area contributed by atoms with Crippen LogP contribution in [0.2, 0.25) is 0 Å². The Balaban J connectivity index is 1.72. The maximum atomic E-state index is 10.3. The van der Waals surface area contributed by atoms with Gasteiger partial charge in [0.05, 0.1) is 6.54 Å². The number of benzene rings is 3. The van der Waals surface area contributed by atoms with Crippen LogP contribution in [0.4, 0.5) is 0 Å². The van der Waals surface area contributed by atoms with Gasteiger partial charge in [-0.05, 0) is 18.6 Å². The number of aromatic hydroxyl groups is 1. The highest BCUT2D eigenvalue weighted by Gasteiger charge is 2.18. The molecule has 0 heterocycles. The summed E-state index contributed by atoms with van der Waals surface area (Å²) in [5.74, 6) is 0.592. The van der Waals surface area contributed by atoms with Crippen LogP contribution < -0.4 is 5.32 Å². The van der Waals surface area contributed by atoms with Crippen LogP contribution >= 0.6 is 0 Å². The van der Waals surface area contributed by atoms with E-state index in [1.165, 1.54) is 11.1 Å². The minimum atomic E-state index is 0.210. The molecule has 0 aliphatic rings. The lowest BCUT2D eigenvalue weighted by atomic mass is 9.88. The molecule has 2 atom stereocenters. The van der Waals surface area contributed by atoms with Crippen LogP contribution in [-0.4, -0.2) is 11.7 Å². The highest BCUT2D eigenvalue weighted by molar-refractivity contribution is 5.41. The minimum Gasteiger partial charge on any atom is -0.508 e. The second-order valence-electron chi connectivity index (χ2n) is 6.53. The van der Waals surface area contributed by atoms with E-state index in [0.717, 1.165) is 18.5 Å². The fourth-order valence-electron chi connectivity index (χ4n) is 3.37. The third-order valence-corrected chi connectivity index (χ3v) is 4.82. The molecular formula is C23H26NO+. The first-order valence-electron chi connectivity index (χ1n) is 8.97. The molecule has 3 aromatic carbocycles. The Bertz CT molecular complexity index is 770. The summed E-state index contributed by atoms with van der Waals surface area (Å²) in [6, 6.07) is 29.2. The summed E-state index contributed by atoms with van der Waals surface area (Å²) in [5.41, 5.74) is 3.61. The van der Waals surface area contributed by atoms with Crippen LogP contribution in [-0.2, 0) is 0 Å². The molecule has 2 nitrogen and oxygen atoms in total. The van der Waals surface area contributed by atoms with Gasteiger partial charge in [0.2, 0.25) is 0 Å². The van der Waals surface area contributed by atoms with Crippen LogP contribution in [0.1, 0.15) is 42.0 Å². The highest BCUT2D eigenvalue weighted by atomic mass is 16.3. The van der Waals surface area contributed by atoms with Crippen LogP contribution in [0.5, 0.6) is 5.75 Å². The van der Waals surface area contributed by atoms with Crippen molar-refractivity contribution in [1.82, 2.24) is 0 Å². The SMILES string of the molecule is C[C@H]([NH2+]CC[C@@H](c1ccccc1)c1ccccc1O)c1ccccc1. The van der Waals surface area contributed by atoms with Crippen LogP contribution in [0.15, 0.2) is 84.9 Å². The van der Waals surface area contributed by atoms with Gasteiger partial charge >= 0.3 is 0 Å². The van der Waals surface area contributed by atoms with Gasteiger partial charge in [-0.3, -0.25) is 0 Å². The van der Waals surface area contributed by atoms with Crippen molar-refractivity contribution in [2.75, 3.05) is 6.54 Å². The van der Waals surface area contributed by atoms with Crippen LogP contribution in [0, 0.1) is 0 Å². The quantitative estimate of drug-likeness (QED) is 0.667. The molecule has 3 N–H and O–H groups in total. The Morgan fingerprint density at radius 3 is 1.96 bits per heavy atom. The first-order valence-corrected chi connectivity index (χ1v) is 8.97. The lowest BCUT2D eigenvalue weighted by Gasteiger charge is -2.20. The van der Waals surface area contributed by atoms with E-state index in [0.29, 0.717) is 11.8 Å². The lowest BCUT2D eigenvalue weighted by Crippen LogP contribution is -2.84. The topological polar surface area (TPSA) is 36.8 Å². The smallest absolute Gasteiger partial charge is 0.119 e. The first-order chi connectivity index (χ1) is 12.3. The van der Waals surface area contributed by atoms with Gasteiger partial charge < -0.3 is 10.4 Å². The van der Waals surface area contributed by atoms with Crippen molar-refractivity contribution in [2.24, 2.45) is 0 Å². The number of nitrogens with two attached hydrogens (primary N) is 1. The zero-order valence-corrected chi connectivity index (χ0v) is 14.7. The van der Waals surface area contributed by atoms with E-state index in [1.807, 2.05) is 24.3 Å². The number of para-hydroxylation sites is 1. The molecule has 0 aliphatic carbocycles. The number of rotatable bonds is 7. The number of hydrogen-bond acceptors (Lipinski definition) is 1. The van der Waals surface area contributed by atoms with Crippen molar-refractivity contribution < 1.29 is 10.4 Å². The van der Waals surface area contributed by atoms with Crippen LogP contribution in [0.3, 0.4) is 0 Å². The molecule has 3 rings (SSSR count). The maximum absolute atomic E-state index is 10.3. The molecule has 0 aromatic heterocycles. The Labute approximate surface area is 150 Å². The minimum absolute atomic E-state index is 0.210. The monoisotopic (exact) mass is 332 g/mol. The zero-order chi connectivity index (χ0) is 17.5. The highest BCUT2D eigenvalue weighted by Crippen LogP contribution is 2.33. The number of phenolic OH excluding ortho intramolecular Hbond substituents is 1. The molecule has 0 saturated carbocycles. The molecule has 128 valence electrons. The van der Waals surface area contributed by atoms with Gasteiger partial charge in [0.25, 0.3) is 0 Å². The van der Waals surface area contributed by atoms with E-state index in [-0.39, 0.29) is 5.92 Å². The fraction of sp³-hybridized carbons (Fsp3) is 0.217. The molecule has 0 bridgehead atoms. The summed E-state index contributed by atoms with van der Waals surface area (Å²) < 4.78 is 0. The summed E-state index contributed by atoms with van der Waals surface area (Å²) >= 11 is 0. The van der Waals surface area contributed by atoms with Gasteiger partial charge in [0, 0.05) is 23.5 Å². The summed E-state index contributed by atoms with van der Waals surface area (Å²) in [6.07, 6.45) is 0.985. The van der Waals surface area contributed by atoms with Gasteiger partial charge in [-0.25, -0.2) is 0 Å². The van der Waals surface area contributed by atoms with Crippen molar-refractivity contribution in [1.29, 1.82) is 0 Å². The summed E-state index contributed by atoms with van der Waals surface area (Å²) in [7, 11) is 0. The second kappa shape index (κ2) is 8.50. The van der Waals surface area contributed by atoms with E-state index < -0.39 is 0 Å². The van der Waals surface area contributed by atoms with Crippen molar-refractivity contribution in [3.05, 3.63) is 102 Å². The second-order valence-corrected chi connectivity index (χ2v) is 6.53. The summed E-state index contributed by atoms with van der Waals surface area (Å²) in [5, 5.41) is 12.7. The van der Waals surface area contributed by atoms with Crippen molar-refractivity contribution in [3.63, 3.8) is 0 Å². The maximum Gasteiger partial charge on any atom is 0.119 e. The molecule has 0 saturated heterocycles. The van der Waals surface area contributed by atoms with E-state index in [2.05, 4.69) is 66.8 Å². The van der Waals surface area contributed by atoms with Crippen molar-refractivity contribution in [2.45, 2.75) is 25.3 Å². The third kappa shape index (κ3) is 4.49. The number of quaternary nitrogens is 1. The predicted octanol–water partition coefficient (Wildman–Crippen LogP) is 4.24. The number of hydrogen-bond donors (Lipinski definition) is 2. The molecule has 3 aromatic rings. The van der Waals surface area contributed by atoms with Gasteiger partial charge in [0.15, 0.2) is 0 Å².